The van der Waals surface area contributed by atoms with Gasteiger partial charge < -0.3 is 9.73 Å². The van der Waals surface area contributed by atoms with Crippen LogP contribution in [0.15, 0.2) is 21.6 Å². The number of nitrogens with one attached hydrogen (secondary N) is 1. The highest BCUT2D eigenvalue weighted by Crippen LogP contribution is 2.23. The largest absolute Gasteiger partial charge is 0.438 e. The lowest BCUT2D eigenvalue weighted by molar-refractivity contribution is 0.0896. The molecule has 2 aliphatic rings. The maximum Gasteiger partial charge on any atom is 0.287 e. The molecule has 0 atom stereocenters. The molecule has 1 aromatic heterocycles. The topological polar surface area (TPSA) is 79.6 Å². The van der Waals surface area contributed by atoms with Crippen molar-refractivity contribution in [1.82, 2.24) is 9.62 Å². The SMILES string of the molecule is O=C(NC1CCCCCCC1)c1ccc(S(=O)(=O)N2CCCC2)o1. The molecule has 7 heteroatoms. The molecule has 1 amide bonds. The molecule has 1 N–H and O–H groups in total. The van der Waals surface area contributed by atoms with Gasteiger partial charge in [-0.25, -0.2) is 8.42 Å². The maximum atomic E-state index is 12.4. The lowest BCUT2D eigenvalue weighted by atomic mass is 9.97. The summed E-state index contributed by atoms with van der Waals surface area (Å²) in [4.78, 5) is 12.4. The lowest BCUT2D eigenvalue weighted by Gasteiger charge is -2.20. The van der Waals surface area contributed by atoms with Crippen molar-refractivity contribution < 1.29 is 17.6 Å². The summed E-state index contributed by atoms with van der Waals surface area (Å²) in [5, 5.41) is 2.86. The zero-order chi connectivity index (χ0) is 17.0. The number of hydrogen-bond donors (Lipinski definition) is 1. The Balaban J connectivity index is 1.64. The number of amides is 1. The van der Waals surface area contributed by atoms with E-state index in [0.29, 0.717) is 13.1 Å². The van der Waals surface area contributed by atoms with Crippen LogP contribution in [0, 0.1) is 0 Å². The van der Waals surface area contributed by atoms with E-state index in [1.165, 1.54) is 35.7 Å². The molecule has 0 spiro atoms. The summed E-state index contributed by atoms with van der Waals surface area (Å²) in [6.07, 6.45) is 9.64. The molecule has 2 fully saturated rings. The first-order chi connectivity index (χ1) is 11.6. The van der Waals surface area contributed by atoms with Crippen LogP contribution in [0.2, 0.25) is 0 Å². The third-order valence-corrected chi connectivity index (χ3v) is 6.68. The first-order valence-electron chi connectivity index (χ1n) is 8.98. The Kier molecular flexibility index (Phi) is 5.61. The van der Waals surface area contributed by atoms with E-state index in [4.69, 9.17) is 4.42 Å². The predicted octanol–water partition coefficient (Wildman–Crippen LogP) is 2.91. The first kappa shape index (κ1) is 17.5. The number of hydrogen-bond acceptors (Lipinski definition) is 4. The van der Waals surface area contributed by atoms with Crippen molar-refractivity contribution in [3.63, 3.8) is 0 Å². The van der Waals surface area contributed by atoms with Gasteiger partial charge in [0.2, 0.25) is 5.09 Å². The molecule has 3 rings (SSSR count). The van der Waals surface area contributed by atoms with E-state index in [0.717, 1.165) is 38.5 Å². The van der Waals surface area contributed by atoms with Gasteiger partial charge in [0.05, 0.1) is 0 Å². The molecule has 2 heterocycles. The minimum absolute atomic E-state index is 0.0785. The second kappa shape index (κ2) is 7.70. The Labute approximate surface area is 143 Å². The highest BCUT2D eigenvalue weighted by molar-refractivity contribution is 7.89. The van der Waals surface area contributed by atoms with E-state index in [9.17, 15) is 13.2 Å². The predicted molar refractivity (Wildman–Crippen MR) is 90.3 cm³/mol. The third-order valence-electron chi connectivity index (χ3n) is 4.90. The van der Waals surface area contributed by atoms with Gasteiger partial charge in [0, 0.05) is 19.1 Å². The van der Waals surface area contributed by atoms with Crippen LogP contribution in [0.4, 0.5) is 0 Å². The number of sulfonamides is 1. The van der Waals surface area contributed by atoms with Crippen molar-refractivity contribution >= 4 is 15.9 Å². The zero-order valence-electron chi connectivity index (χ0n) is 14.0. The quantitative estimate of drug-likeness (QED) is 0.901. The Morgan fingerprint density at radius 1 is 1.00 bits per heavy atom. The van der Waals surface area contributed by atoms with Crippen molar-refractivity contribution in [1.29, 1.82) is 0 Å². The Hall–Kier alpha value is -1.34. The number of furan rings is 1. The molecule has 134 valence electrons. The van der Waals surface area contributed by atoms with Crippen LogP contribution in [-0.4, -0.2) is 37.8 Å². The molecule has 0 unspecified atom stereocenters. The molecule has 0 aromatic carbocycles. The molecular weight excluding hydrogens is 328 g/mol. The number of carbonyl (C=O) groups excluding carboxylic acids is 1. The van der Waals surface area contributed by atoms with Gasteiger partial charge in [-0.05, 0) is 37.8 Å². The molecule has 1 saturated carbocycles. The zero-order valence-corrected chi connectivity index (χ0v) is 14.8. The molecular formula is C17H26N2O4S. The maximum absolute atomic E-state index is 12.4. The van der Waals surface area contributed by atoms with Crippen molar-refractivity contribution in [2.75, 3.05) is 13.1 Å². The molecule has 0 bridgehead atoms. The van der Waals surface area contributed by atoms with Crippen molar-refractivity contribution in [3.8, 4) is 0 Å². The molecule has 1 aliphatic heterocycles. The van der Waals surface area contributed by atoms with Crippen LogP contribution in [0.5, 0.6) is 0 Å². The fourth-order valence-electron chi connectivity index (χ4n) is 3.49. The fourth-order valence-corrected chi connectivity index (χ4v) is 4.92. The standard InChI is InChI=1S/C17H26N2O4S/c20-17(18-14-8-4-2-1-3-5-9-14)15-10-11-16(23-15)24(21,22)19-12-6-7-13-19/h10-11,14H,1-9,12-13H2,(H,18,20). The molecule has 1 saturated heterocycles. The minimum atomic E-state index is -3.61. The fraction of sp³-hybridized carbons (Fsp3) is 0.706. The van der Waals surface area contributed by atoms with Gasteiger partial charge in [0.15, 0.2) is 5.76 Å². The summed E-state index contributed by atoms with van der Waals surface area (Å²) in [5.41, 5.74) is 0. The summed E-state index contributed by atoms with van der Waals surface area (Å²) < 4.78 is 31.7. The second-order valence-electron chi connectivity index (χ2n) is 6.75. The van der Waals surface area contributed by atoms with Gasteiger partial charge in [-0.1, -0.05) is 32.1 Å². The summed E-state index contributed by atoms with van der Waals surface area (Å²) in [6, 6.07) is 3.00. The highest BCUT2D eigenvalue weighted by atomic mass is 32.2. The van der Waals surface area contributed by atoms with Gasteiger partial charge in [0.1, 0.15) is 0 Å². The Bertz CT molecular complexity index is 654. The molecule has 24 heavy (non-hydrogen) atoms. The number of carbonyl (C=O) groups is 1. The van der Waals surface area contributed by atoms with Crippen LogP contribution in [0.1, 0.15) is 68.3 Å². The van der Waals surface area contributed by atoms with Gasteiger partial charge in [-0.15, -0.1) is 0 Å². The minimum Gasteiger partial charge on any atom is -0.438 e. The van der Waals surface area contributed by atoms with Crippen LogP contribution in [0.25, 0.3) is 0 Å². The molecule has 1 aliphatic carbocycles. The summed E-state index contributed by atoms with van der Waals surface area (Å²) in [7, 11) is -3.61. The first-order valence-corrected chi connectivity index (χ1v) is 10.4. The van der Waals surface area contributed by atoms with Gasteiger partial charge in [-0.3, -0.25) is 4.79 Å². The molecule has 0 radical (unpaired) electrons. The molecule has 6 nitrogen and oxygen atoms in total. The molecule has 1 aromatic rings. The van der Waals surface area contributed by atoms with E-state index in [2.05, 4.69) is 5.32 Å². The van der Waals surface area contributed by atoms with Crippen LogP contribution >= 0.6 is 0 Å². The van der Waals surface area contributed by atoms with E-state index in [-0.39, 0.29) is 22.8 Å². The van der Waals surface area contributed by atoms with Crippen LogP contribution in [0.3, 0.4) is 0 Å². The average Bonchev–Trinajstić information content (AvgIpc) is 3.21. The van der Waals surface area contributed by atoms with Gasteiger partial charge in [-0.2, -0.15) is 4.31 Å². The van der Waals surface area contributed by atoms with E-state index < -0.39 is 10.0 Å². The van der Waals surface area contributed by atoms with E-state index in [1.54, 1.807) is 0 Å². The van der Waals surface area contributed by atoms with Crippen molar-refractivity contribution in [3.05, 3.63) is 17.9 Å². The van der Waals surface area contributed by atoms with E-state index >= 15 is 0 Å². The number of rotatable bonds is 4. The van der Waals surface area contributed by atoms with E-state index in [1.807, 2.05) is 0 Å². The lowest BCUT2D eigenvalue weighted by Crippen LogP contribution is -2.35. The van der Waals surface area contributed by atoms with Crippen LogP contribution in [-0.2, 0) is 10.0 Å². The van der Waals surface area contributed by atoms with Gasteiger partial charge in [0.25, 0.3) is 15.9 Å². The Morgan fingerprint density at radius 3 is 2.29 bits per heavy atom. The number of nitrogens with zero attached hydrogens (tertiary/aromatic N) is 1. The van der Waals surface area contributed by atoms with Crippen LogP contribution < -0.4 is 5.32 Å². The smallest absolute Gasteiger partial charge is 0.287 e. The summed E-state index contributed by atoms with van der Waals surface area (Å²) in [6.45, 7) is 1.04. The van der Waals surface area contributed by atoms with Crippen molar-refractivity contribution in [2.45, 2.75) is 68.9 Å². The normalized spacial score (nSPS) is 21.3. The Morgan fingerprint density at radius 2 is 1.62 bits per heavy atom. The summed E-state index contributed by atoms with van der Waals surface area (Å²) in [5.74, 6) is -0.238. The second-order valence-corrected chi connectivity index (χ2v) is 8.61. The third kappa shape index (κ3) is 4.00. The monoisotopic (exact) mass is 354 g/mol. The average molecular weight is 354 g/mol. The summed E-state index contributed by atoms with van der Waals surface area (Å²) >= 11 is 0. The highest BCUT2D eigenvalue weighted by Gasteiger charge is 2.30. The van der Waals surface area contributed by atoms with Gasteiger partial charge >= 0.3 is 0 Å². The van der Waals surface area contributed by atoms with Crippen molar-refractivity contribution in [2.24, 2.45) is 0 Å².